The fraction of sp³-hybridized carbons (Fsp3) is 0.400. The molecule has 0 saturated carbocycles. The SMILES string of the molecule is [Co+2].[Co+3].[O-][Cl+3]([O-])([O-])[O-].[O-][Cl+3]([O-])([O-])[O-].[O-][Cl+3]([O-])([O-])[O-].[O-][Cl+3]([O-])([O-])[O-].c1ccc(CN2CCOCCOCCN(Cc3ccccn3)Cc3cccc(n3)C2)nc1.c1ccc(CN2CCOCCOCCN(Cc3ccccn3)Cc3cccc(n3)C2)nc1. The second kappa shape index (κ2) is 44.5. The number of hydrogen-bond acceptors (Lipinski definition) is 30. The molecule has 477 valence electrons. The quantitative estimate of drug-likeness (QED) is 0.137. The van der Waals surface area contributed by atoms with Crippen molar-refractivity contribution in [2.75, 3.05) is 79.0 Å². The van der Waals surface area contributed by atoms with Crippen LogP contribution in [0.3, 0.4) is 0 Å². The Morgan fingerprint density at radius 2 is 0.500 bits per heavy atom. The zero-order chi connectivity index (χ0) is 61.7. The summed E-state index contributed by atoms with van der Waals surface area (Å²) in [5, 5.41) is 0. The van der Waals surface area contributed by atoms with E-state index in [0.29, 0.717) is 52.9 Å². The second-order valence-electron chi connectivity index (χ2n) is 17.3. The Balaban J connectivity index is 0.000000642. The van der Waals surface area contributed by atoms with Crippen molar-refractivity contribution in [1.82, 2.24) is 49.5 Å². The Bertz CT molecular complexity index is 2250. The molecule has 0 atom stereocenters. The molecule has 0 aliphatic carbocycles. The van der Waals surface area contributed by atoms with Gasteiger partial charge in [-0.1, -0.05) is 36.4 Å². The fourth-order valence-electron chi connectivity index (χ4n) is 7.48. The Morgan fingerprint density at radius 3 is 0.674 bits per heavy atom. The molecule has 0 saturated heterocycles. The molecule has 6 aromatic rings. The van der Waals surface area contributed by atoms with Gasteiger partial charge in [0, 0.05) is 103 Å². The zero-order valence-electron chi connectivity index (χ0n) is 45.7. The van der Waals surface area contributed by atoms with Crippen LogP contribution in [-0.2, 0) is 105 Å². The van der Waals surface area contributed by atoms with Crippen LogP contribution in [0.1, 0.15) is 45.6 Å². The van der Waals surface area contributed by atoms with Gasteiger partial charge in [-0.05, 0) is 72.8 Å². The van der Waals surface area contributed by atoms with E-state index in [1.165, 1.54) is 0 Å². The maximum absolute atomic E-state index is 8.49. The van der Waals surface area contributed by atoms with E-state index in [4.69, 9.17) is 103 Å². The van der Waals surface area contributed by atoms with E-state index in [0.717, 1.165) is 124 Å². The number of nitrogens with zero attached hydrogens (tertiary/aromatic N) is 10. The molecule has 0 fully saturated rings. The van der Waals surface area contributed by atoms with Crippen LogP contribution in [0.15, 0.2) is 134 Å². The van der Waals surface area contributed by atoms with Gasteiger partial charge in [0.1, 0.15) is 0 Å². The summed E-state index contributed by atoms with van der Waals surface area (Å²) in [5.74, 6) is 0. The van der Waals surface area contributed by atoms with Crippen LogP contribution in [-0.4, -0.2) is 129 Å². The van der Waals surface area contributed by atoms with Crippen molar-refractivity contribution in [1.29, 1.82) is 0 Å². The van der Waals surface area contributed by atoms with Crippen LogP contribution in [0.4, 0.5) is 0 Å². The Kier molecular flexibility index (Phi) is 41.5. The first-order valence-corrected chi connectivity index (χ1v) is 29.8. The maximum atomic E-state index is 8.49. The molecule has 36 heteroatoms. The first kappa shape index (κ1) is 80.1. The normalized spacial score (nSPS) is 15.7. The van der Waals surface area contributed by atoms with Crippen LogP contribution in [0.2, 0.25) is 0 Å². The van der Waals surface area contributed by atoms with E-state index in [1.807, 2.05) is 73.3 Å². The predicted molar refractivity (Wildman–Crippen MR) is 245 cm³/mol. The van der Waals surface area contributed by atoms with Crippen LogP contribution in [0, 0.1) is 41.0 Å². The topological polar surface area (TPSA) is 496 Å². The number of rotatable bonds is 8. The summed E-state index contributed by atoms with van der Waals surface area (Å²) in [6.07, 6.45) is 7.36. The van der Waals surface area contributed by atoms with Crippen molar-refractivity contribution >= 4 is 0 Å². The number of aromatic nitrogens is 6. The van der Waals surface area contributed by atoms with Gasteiger partial charge in [-0.2, -0.15) is 0 Å². The minimum Gasteiger partial charge on any atom is -0.378 e. The minimum absolute atomic E-state index is 0. The van der Waals surface area contributed by atoms with Gasteiger partial charge in [-0.15, -0.1) is 41.0 Å². The average molecular weight is 1380 g/mol. The molecule has 0 N–H and O–H groups in total. The van der Waals surface area contributed by atoms with Gasteiger partial charge in [0.05, 0.1) is 98.4 Å². The van der Waals surface area contributed by atoms with Gasteiger partial charge >= 0.3 is 33.6 Å². The van der Waals surface area contributed by atoms with Gasteiger partial charge in [0.2, 0.25) is 0 Å². The molecular formula is C50H62Cl4Co2N10O20+. The van der Waals surface area contributed by atoms with Crippen molar-refractivity contribution in [2.45, 2.75) is 52.4 Å². The monoisotopic (exact) mass is 1380 g/mol. The molecule has 4 bridgehead atoms. The molecule has 86 heavy (non-hydrogen) atoms. The summed E-state index contributed by atoms with van der Waals surface area (Å²) >= 11 is 0. The molecule has 0 spiro atoms. The average Bonchev–Trinajstić information content (AvgIpc) is 3.50. The molecule has 0 aromatic carbocycles. The Labute approximate surface area is 525 Å². The summed E-state index contributed by atoms with van der Waals surface area (Å²) in [4.78, 5) is 37.2. The van der Waals surface area contributed by atoms with Crippen molar-refractivity contribution in [3.8, 4) is 0 Å². The van der Waals surface area contributed by atoms with Crippen molar-refractivity contribution in [3.05, 3.63) is 180 Å². The van der Waals surface area contributed by atoms with Crippen LogP contribution in [0.5, 0.6) is 0 Å². The van der Waals surface area contributed by atoms with E-state index < -0.39 is 41.0 Å². The summed E-state index contributed by atoms with van der Waals surface area (Å²) in [5.41, 5.74) is 8.42. The van der Waals surface area contributed by atoms with E-state index in [2.05, 4.69) is 100 Å². The van der Waals surface area contributed by atoms with E-state index in [-0.39, 0.29) is 33.6 Å². The summed E-state index contributed by atoms with van der Waals surface area (Å²) in [6, 6.07) is 36.7. The van der Waals surface area contributed by atoms with Crippen LogP contribution < -0.4 is 74.5 Å². The minimum atomic E-state index is -4.94. The maximum Gasteiger partial charge on any atom is 3.00 e. The molecular weight excluding hydrogens is 1320 g/mol. The first-order valence-electron chi connectivity index (χ1n) is 24.9. The van der Waals surface area contributed by atoms with Gasteiger partial charge in [-0.25, -0.2) is 74.5 Å². The van der Waals surface area contributed by atoms with Crippen LogP contribution >= 0.6 is 0 Å². The van der Waals surface area contributed by atoms with Gasteiger partial charge < -0.3 is 18.9 Å². The largest absolute Gasteiger partial charge is 3.00 e. The fourth-order valence-corrected chi connectivity index (χ4v) is 7.48. The van der Waals surface area contributed by atoms with Crippen LogP contribution in [0.25, 0.3) is 0 Å². The Morgan fingerprint density at radius 1 is 0.302 bits per heavy atom. The summed E-state index contributed by atoms with van der Waals surface area (Å²) in [6.45, 7) is 14.3. The molecule has 30 nitrogen and oxygen atoms in total. The van der Waals surface area contributed by atoms with Crippen molar-refractivity contribution in [3.63, 3.8) is 0 Å². The number of pyridine rings is 6. The third-order valence-corrected chi connectivity index (χ3v) is 10.7. The van der Waals surface area contributed by atoms with E-state index in [1.54, 1.807) is 0 Å². The number of fused-ring (bicyclic) bond motifs is 4. The molecule has 2 aliphatic heterocycles. The zero-order valence-corrected chi connectivity index (χ0v) is 50.8. The number of halogens is 4. The van der Waals surface area contributed by atoms with E-state index in [9.17, 15) is 0 Å². The number of ether oxygens (including phenoxy) is 4. The van der Waals surface area contributed by atoms with Gasteiger partial charge in [-0.3, -0.25) is 49.5 Å². The van der Waals surface area contributed by atoms with E-state index >= 15 is 0 Å². The molecule has 6 aromatic heterocycles. The molecule has 8 rings (SSSR count). The standard InChI is InChI=1S/2C25H31N5O2.4ClHO4.2Co/c2*1-3-10-26-22(6-1)18-29-12-14-31-16-17-32-15-13-30(19-23-7-2-4-11-27-23)21-25-9-5-8-24(20-29)28-25;4*2-1(3,4)5;;/h2*1-11H,12-21H2;4*(H,2,3,4,5);;/q;;;;;;+2;+3/p-4. The molecule has 1 radical (unpaired) electrons. The second-order valence-corrected chi connectivity index (χ2v) is 20.4. The molecule has 8 heterocycles. The summed E-state index contributed by atoms with van der Waals surface area (Å²) in [7, 11) is -19.8. The smallest absolute Gasteiger partial charge is 0.378 e. The van der Waals surface area contributed by atoms with Gasteiger partial charge in [0.25, 0.3) is 0 Å². The van der Waals surface area contributed by atoms with Gasteiger partial charge in [0.15, 0.2) is 0 Å². The predicted octanol–water partition coefficient (Wildman–Crippen LogP) is -13.2. The number of hydrogen-bond donors (Lipinski definition) is 0. The third-order valence-electron chi connectivity index (χ3n) is 10.7. The van der Waals surface area contributed by atoms with Crippen molar-refractivity contribution in [2.24, 2.45) is 0 Å². The Hall–Kier alpha value is -3.89. The molecule has 0 unspecified atom stereocenters. The summed E-state index contributed by atoms with van der Waals surface area (Å²) < 4.78 is 159. The molecule has 2 aliphatic rings. The molecule has 0 amide bonds. The first-order chi connectivity index (χ1) is 39.7. The van der Waals surface area contributed by atoms with Crippen molar-refractivity contribution < 1.29 is 168 Å². The third kappa shape index (κ3) is 48.1.